The molecule has 2 atom stereocenters. The van der Waals surface area contributed by atoms with Crippen molar-refractivity contribution in [1.29, 1.82) is 0 Å². The van der Waals surface area contributed by atoms with Gasteiger partial charge in [-0.1, -0.05) is 24.3 Å². The Morgan fingerprint density at radius 1 is 1.04 bits per heavy atom. The number of benzene rings is 2. The molecule has 28 heavy (non-hydrogen) atoms. The molecule has 7 heteroatoms. The van der Waals surface area contributed by atoms with Gasteiger partial charge >= 0.3 is 0 Å². The van der Waals surface area contributed by atoms with E-state index in [9.17, 15) is 9.18 Å². The molecule has 1 fully saturated rings. The maximum Gasteiger partial charge on any atom is 0.258 e. The van der Waals surface area contributed by atoms with Crippen molar-refractivity contribution in [3.05, 3.63) is 82.4 Å². The third-order valence-electron chi connectivity index (χ3n) is 5.43. The van der Waals surface area contributed by atoms with E-state index in [4.69, 9.17) is 4.98 Å². The third-order valence-corrected chi connectivity index (χ3v) is 5.43. The SMILES string of the molecule is O=c1[nH]c([C@@H]2CNC[C@H]2c2ccccc2F)nc2ccc(-c3cn[nH]c3)cc12. The molecule has 0 radical (unpaired) electrons. The average molecular weight is 375 g/mol. The van der Waals surface area contributed by atoms with Crippen molar-refractivity contribution in [2.75, 3.05) is 13.1 Å². The first kappa shape index (κ1) is 16.8. The number of nitrogens with zero attached hydrogens (tertiary/aromatic N) is 2. The van der Waals surface area contributed by atoms with Gasteiger partial charge in [-0.3, -0.25) is 9.89 Å². The van der Waals surface area contributed by atoms with E-state index in [1.54, 1.807) is 24.5 Å². The van der Waals surface area contributed by atoms with Gasteiger partial charge in [0.2, 0.25) is 0 Å². The predicted octanol–water partition coefficient (Wildman–Crippen LogP) is 2.92. The number of fused-ring (bicyclic) bond motifs is 1. The Kier molecular flexibility index (Phi) is 4.02. The van der Waals surface area contributed by atoms with Crippen LogP contribution in [0.25, 0.3) is 22.0 Å². The van der Waals surface area contributed by atoms with Gasteiger partial charge in [0.1, 0.15) is 11.6 Å². The summed E-state index contributed by atoms with van der Waals surface area (Å²) < 4.78 is 14.3. The van der Waals surface area contributed by atoms with E-state index in [1.165, 1.54) is 6.07 Å². The third kappa shape index (κ3) is 2.80. The van der Waals surface area contributed by atoms with Crippen molar-refractivity contribution in [3.63, 3.8) is 0 Å². The molecule has 2 aromatic heterocycles. The molecular formula is C21H18FN5O. The van der Waals surface area contributed by atoms with Crippen molar-refractivity contribution in [2.45, 2.75) is 11.8 Å². The number of H-pyrrole nitrogens is 2. The number of hydrogen-bond acceptors (Lipinski definition) is 4. The standard InChI is InChI=1S/C21H18FN5O/c22-18-4-2-1-3-14(18)16-10-23-11-17(16)20-26-19-6-5-12(13-8-24-25-9-13)7-15(19)21(28)27-20/h1-9,16-17,23H,10-11H2,(H,24,25)(H,26,27,28)/t16-,17+/m0/s1. The molecule has 3 heterocycles. The van der Waals surface area contributed by atoms with E-state index >= 15 is 0 Å². The molecular weight excluding hydrogens is 357 g/mol. The molecule has 140 valence electrons. The van der Waals surface area contributed by atoms with Crippen molar-refractivity contribution < 1.29 is 4.39 Å². The maximum atomic E-state index is 14.3. The van der Waals surface area contributed by atoms with Crippen LogP contribution in [0, 0.1) is 5.82 Å². The zero-order valence-electron chi connectivity index (χ0n) is 14.9. The Morgan fingerprint density at radius 3 is 2.71 bits per heavy atom. The second kappa shape index (κ2) is 6.69. The lowest BCUT2D eigenvalue weighted by molar-refractivity contribution is 0.558. The smallest absolute Gasteiger partial charge is 0.258 e. The average Bonchev–Trinajstić information content (AvgIpc) is 3.40. The minimum absolute atomic E-state index is 0.0768. The van der Waals surface area contributed by atoms with E-state index in [2.05, 4.69) is 20.5 Å². The molecule has 3 N–H and O–H groups in total. The van der Waals surface area contributed by atoms with Crippen LogP contribution in [-0.4, -0.2) is 33.3 Å². The highest BCUT2D eigenvalue weighted by Crippen LogP contribution is 2.35. The number of rotatable bonds is 3. The van der Waals surface area contributed by atoms with Crippen LogP contribution in [0.4, 0.5) is 4.39 Å². The van der Waals surface area contributed by atoms with Crippen molar-refractivity contribution in [3.8, 4) is 11.1 Å². The number of nitrogens with one attached hydrogen (secondary N) is 3. The van der Waals surface area contributed by atoms with E-state index in [1.807, 2.05) is 24.3 Å². The fourth-order valence-corrected chi connectivity index (χ4v) is 3.99. The minimum Gasteiger partial charge on any atom is -0.315 e. The summed E-state index contributed by atoms with van der Waals surface area (Å²) in [5, 5.41) is 10.5. The molecule has 0 saturated carbocycles. The predicted molar refractivity (Wildman–Crippen MR) is 105 cm³/mol. The molecule has 4 aromatic rings. The number of aromatic nitrogens is 4. The van der Waals surface area contributed by atoms with Gasteiger partial charge in [-0.2, -0.15) is 5.10 Å². The molecule has 1 saturated heterocycles. The summed E-state index contributed by atoms with van der Waals surface area (Å²) in [6.45, 7) is 1.29. The Balaban J connectivity index is 1.57. The molecule has 0 spiro atoms. The Bertz CT molecular complexity index is 1200. The van der Waals surface area contributed by atoms with Crippen LogP contribution < -0.4 is 10.9 Å². The fourth-order valence-electron chi connectivity index (χ4n) is 3.99. The quantitative estimate of drug-likeness (QED) is 0.514. The largest absolute Gasteiger partial charge is 0.315 e. The highest BCUT2D eigenvalue weighted by molar-refractivity contribution is 5.83. The highest BCUT2D eigenvalue weighted by Gasteiger charge is 2.33. The zero-order chi connectivity index (χ0) is 19.1. The molecule has 2 aromatic carbocycles. The first-order valence-corrected chi connectivity index (χ1v) is 9.19. The van der Waals surface area contributed by atoms with Crippen LogP contribution in [0.5, 0.6) is 0 Å². The molecule has 5 rings (SSSR count). The number of halogens is 1. The van der Waals surface area contributed by atoms with E-state index in [0.29, 0.717) is 35.4 Å². The van der Waals surface area contributed by atoms with Gasteiger partial charge in [0.25, 0.3) is 5.56 Å². The molecule has 0 bridgehead atoms. The molecule has 1 aliphatic rings. The normalized spacial score (nSPS) is 19.3. The second-order valence-electron chi connectivity index (χ2n) is 7.06. The zero-order valence-corrected chi connectivity index (χ0v) is 14.9. The second-order valence-corrected chi connectivity index (χ2v) is 7.06. The van der Waals surface area contributed by atoms with Gasteiger partial charge in [0.05, 0.1) is 17.1 Å². The van der Waals surface area contributed by atoms with Gasteiger partial charge in [0, 0.05) is 36.7 Å². The maximum absolute atomic E-state index is 14.3. The molecule has 0 aliphatic carbocycles. The summed E-state index contributed by atoms with van der Waals surface area (Å²) in [5.74, 6) is 0.190. The van der Waals surface area contributed by atoms with Gasteiger partial charge in [-0.25, -0.2) is 9.37 Å². The van der Waals surface area contributed by atoms with Crippen LogP contribution in [0.3, 0.4) is 0 Å². The summed E-state index contributed by atoms with van der Waals surface area (Å²) in [6.07, 6.45) is 3.49. The lowest BCUT2D eigenvalue weighted by Gasteiger charge is -2.19. The van der Waals surface area contributed by atoms with Crippen molar-refractivity contribution >= 4 is 10.9 Å². The molecule has 1 aliphatic heterocycles. The monoisotopic (exact) mass is 375 g/mol. The Morgan fingerprint density at radius 2 is 1.89 bits per heavy atom. The lowest BCUT2D eigenvalue weighted by atomic mass is 9.88. The van der Waals surface area contributed by atoms with E-state index < -0.39 is 0 Å². The van der Waals surface area contributed by atoms with Crippen molar-refractivity contribution in [2.24, 2.45) is 0 Å². The van der Waals surface area contributed by atoms with E-state index in [-0.39, 0.29) is 23.2 Å². The first-order valence-electron chi connectivity index (χ1n) is 9.19. The van der Waals surface area contributed by atoms with Crippen LogP contribution in [0.2, 0.25) is 0 Å². The number of aromatic amines is 2. The van der Waals surface area contributed by atoms with Crippen LogP contribution >= 0.6 is 0 Å². The Hall–Kier alpha value is -3.32. The summed E-state index contributed by atoms with van der Waals surface area (Å²) in [4.78, 5) is 20.4. The topological polar surface area (TPSA) is 86.5 Å². The van der Waals surface area contributed by atoms with Gasteiger partial charge in [0.15, 0.2) is 0 Å². The van der Waals surface area contributed by atoms with Gasteiger partial charge in [-0.15, -0.1) is 0 Å². The summed E-state index contributed by atoms with van der Waals surface area (Å²) >= 11 is 0. The van der Waals surface area contributed by atoms with Crippen molar-refractivity contribution in [1.82, 2.24) is 25.5 Å². The molecule has 0 unspecified atom stereocenters. The summed E-state index contributed by atoms with van der Waals surface area (Å²) in [5.41, 5.74) is 2.89. The number of hydrogen-bond donors (Lipinski definition) is 3. The van der Waals surface area contributed by atoms with Crippen LogP contribution in [0.1, 0.15) is 23.2 Å². The Labute approximate surface area is 159 Å². The lowest BCUT2D eigenvalue weighted by Crippen LogP contribution is -2.19. The van der Waals surface area contributed by atoms with Gasteiger partial charge in [-0.05, 0) is 29.3 Å². The minimum atomic E-state index is -0.228. The van der Waals surface area contributed by atoms with Gasteiger partial charge < -0.3 is 10.3 Å². The first-order chi connectivity index (χ1) is 13.7. The summed E-state index contributed by atoms with van der Waals surface area (Å²) in [7, 11) is 0. The van der Waals surface area contributed by atoms with E-state index in [0.717, 1.165) is 11.1 Å². The molecule has 0 amide bonds. The molecule has 6 nitrogen and oxygen atoms in total. The fraction of sp³-hybridized carbons (Fsp3) is 0.190. The van der Waals surface area contributed by atoms with Crippen LogP contribution in [-0.2, 0) is 0 Å². The highest BCUT2D eigenvalue weighted by atomic mass is 19.1. The summed E-state index contributed by atoms with van der Waals surface area (Å²) in [6, 6.07) is 12.4. The van der Waals surface area contributed by atoms with Crippen LogP contribution in [0.15, 0.2) is 59.7 Å².